The average Bonchev–Trinajstić information content (AvgIpc) is 2.42. The van der Waals surface area contributed by atoms with Gasteiger partial charge in [0.05, 0.1) is 0 Å². The fourth-order valence-corrected chi connectivity index (χ4v) is 2.95. The number of nitrogens with two attached hydrogens (primary N) is 1. The number of carbonyl (C=O) groups excluding carboxylic acids is 1. The summed E-state index contributed by atoms with van der Waals surface area (Å²) in [5.41, 5.74) is 10.3. The van der Waals surface area contributed by atoms with Gasteiger partial charge in [0, 0.05) is 23.3 Å². The second-order valence-corrected chi connectivity index (χ2v) is 6.00. The minimum Gasteiger partial charge on any atom is -0.384 e. The number of hydrogen-bond donors (Lipinski definition) is 2. The third kappa shape index (κ3) is 3.94. The van der Waals surface area contributed by atoms with Crippen LogP contribution in [-0.4, -0.2) is 28.0 Å². The number of hydrogen-bond acceptors (Lipinski definition) is 4. The van der Waals surface area contributed by atoms with E-state index >= 15 is 0 Å². The van der Waals surface area contributed by atoms with Crippen LogP contribution in [0.25, 0.3) is 0 Å². The summed E-state index contributed by atoms with van der Waals surface area (Å²) in [4.78, 5) is 16.7. The van der Waals surface area contributed by atoms with Crippen molar-refractivity contribution in [3.8, 4) is 0 Å². The molecule has 0 saturated carbocycles. The summed E-state index contributed by atoms with van der Waals surface area (Å²) in [7, 11) is 0. The van der Waals surface area contributed by atoms with Gasteiger partial charge in [0.2, 0.25) is 0 Å². The van der Waals surface area contributed by atoms with E-state index in [9.17, 15) is 4.79 Å². The van der Waals surface area contributed by atoms with Gasteiger partial charge >= 0.3 is 0 Å². The number of nitrogen functional groups attached to an aromatic ring is 1. The molecule has 2 atom stereocenters. The molecule has 0 radical (unpaired) electrons. The molecule has 116 valence electrons. The Hall–Kier alpha value is -1.62. The second-order valence-electron chi connectivity index (χ2n) is 6.00. The number of aromatic nitrogens is 1. The van der Waals surface area contributed by atoms with E-state index in [0.717, 1.165) is 31.4 Å². The Labute approximate surface area is 126 Å². The predicted molar refractivity (Wildman–Crippen MR) is 84.7 cm³/mol. The average molecular weight is 290 g/mol. The van der Waals surface area contributed by atoms with Crippen LogP contribution in [0.4, 0.5) is 5.82 Å². The number of rotatable bonds is 4. The standard InChI is InChI=1S/C16H26N4O/c1-4-6-14-9-13(10-15(17)18-14)16(21)19-20-11(2)7-5-8-12(20)3/h9-12H,4-8H2,1-3H3,(H2,17,18)(H,19,21). The van der Waals surface area contributed by atoms with Crippen LogP contribution in [-0.2, 0) is 6.42 Å². The zero-order valence-corrected chi connectivity index (χ0v) is 13.2. The lowest BCUT2D eigenvalue weighted by atomic mass is 10.00. The number of nitrogens with one attached hydrogen (secondary N) is 1. The van der Waals surface area contributed by atoms with Crippen LogP contribution in [0.5, 0.6) is 0 Å². The van der Waals surface area contributed by atoms with Crippen molar-refractivity contribution < 1.29 is 4.79 Å². The Morgan fingerprint density at radius 1 is 1.38 bits per heavy atom. The van der Waals surface area contributed by atoms with Gasteiger partial charge in [-0.3, -0.25) is 10.2 Å². The second kappa shape index (κ2) is 6.89. The van der Waals surface area contributed by atoms with Crippen molar-refractivity contribution in [3.05, 3.63) is 23.4 Å². The highest BCUT2D eigenvalue weighted by molar-refractivity contribution is 5.94. The Morgan fingerprint density at radius 3 is 2.67 bits per heavy atom. The van der Waals surface area contributed by atoms with Crippen molar-refractivity contribution in [1.82, 2.24) is 15.4 Å². The van der Waals surface area contributed by atoms with Gasteiger partial charge in [-0.05, 0) is 45.2 Å². The number of anilines is 1. The van der Waals surface area contributed by atoms with Crippen molar-refractivity contribution >= 4 is 11.7 Å². The van der Waals surface area contributed by atoms with E-state index in [2.05, 4.69) is 36.2 Å². The number of carbonyl (C=O) groups is 1. The summed E-state index contributed by atoms with van der Waals surface area (Å²) < 4.78 is 0. The van der Waals surface area contributed by atoms with Gasteiger partial charge in [-0.15, -0.1) is 0 Å². The van der Waals surface area contributed by atoms with Crippen molar-refractivity contribution in [2.24, 2.45) is 0 Å². The molecule has 5 nitrogen and oxygen atoms in total. The molecular weight excluding hydrogens is 264 g/mol. The van der Waals surface area contributed by atoms with Gasteiger partial charge in [-0.2, -0.15) is 0 Å². The number of hydrazine groups is 1. The molecule has 3 N–H and O–H groups in total. The summed E-state index contributed by atoms with van der Waals surface area (Å²) in [6, 6.07) is 4.22. The molecule has 2 heterocycles. The predicted octanol–water partition coefficient (Wildman–Crippen LogP) is 2.52. The van der Waals surface area contributed by atoms with Crippen LogP contribution >= 0.6 is 0 Å². The topological polar surface area (TPSA) is 71.2 Å². The largest absolute Gasteiger partial charge is 0.384 e. The number of amides is 1. The van der Waals surface area contributed by atoms with Crippen LogP contribution in [0.2, 0.25) is 0 Å². The van der Waals surface area contributed by atoms with E-state index in [-0.39, 0.29) is 5.91 Å². The van der Waals surface area contributed by atoms with Crippen molar-refractivity contribution in [2.45, 2.75) is 65.0 Å². The van der Waals surface area contributed by atoms with Crippen LogP contribution in [0.3, 0.4) is 0 Å². The molecule has 1 saturated heterocycles. The Kier molecular flexibility index (Phi) is 5.17. The molecule has 0 aromatic carbocycles. The minimum absolute atomic E-state index is 0.0953. The summed E-state index contributed by atoms with van der Waals surface area (Å²) in [6.07, 6.45) is 5.27. The Morgan fingerprint density at radius 2 is 2.05 bits per heavy atom. The molecule has 1 aliphatic heterocycles. The van der Waals surface area contributed by atoms with Gasteiger partial charge in [0.25, 0.3) is 5.91 Å². The van der Waals surface area contributed by atoms with Crippen LogP contribution < -0.4 is 11.2 Å². The highest BCUT2D eigenvalue weighted by Crippen LogP contribution is 2.20. The molecule has 1 aliphatic rings. The van der Waals surface area contributed by atoms with Gasteiger partial charge in [0.15, 0.2) is 0 Å². The quantitative estimate of drug-likeness (QED) is 0.894. The molecule has 2 rings (SSSR count). The Bertz CT molecular complexity index is 493. The van der Waals surface area contributed by atoms with E-state index in [1.807, 2.05) is 6.07 Å². The zero-order chi connectivity index (χ0) is 15.4. The monoisotopic (exact) mass is 290 g/mol. The first-order chi connectivity index (χ1) is 10.0. The molecule has 0 aliphatic carbocycles. The maximum absolute atomic E-state index is 12.5. The van der Waals surface area contributed by atoms with Crippen LogP contribution in [0, 0.1) is 0 Å². The number of piperidine rings is 1. The third-order valence-electron chi connectivity index (χ3n) is 4.09. The lowest BCUT2D eigenvalue weighted by Crippen LogP contribution is -2.54. The summed E-state index contributed by atoms with van der Waals surface area (Å²) >= 11 is 0. The van der Waals surface area contributed by atoms with Crippen molar-refractivity contribution in [1.29, 1.82) is 0 Å². The number of nitrogens with zero attached hydrogens (tertiary/aromatic N) is 2. The van der Waals surface area contributed by atoms with E-state index in [1.165, 1.54) is 6.42 Å². The van der Waals surface area contributed by atoms with Gasteiger partial charge in [-0.1, -0.05) is 19.8 Å². The van der Waals surface area contributed by atoms with Gasteiger partial charge in [0.1, 0.15) is 5.82 Å². The molecule has 1 aromatic heterocycles. The number of pyridine rings is 1. The normalized spacial score (nSPS) is 23.0. The molecule has 1 amide bonds. The van der Waals surface area contributed by atoms with Crippen molar-refractivity contribution in [3.63, 3.8) is 0 Å². The third-order valence-corrected chi connectivity index (χ3v) is 4.09. The molecule has 2 unspecified atom stereocenters. The smallest absolute Gasteiger partial charge is 0.265 e. The van der Waals surface area contributed by atoms with E-state index in [0.29, 0.717) is 23.5 Å². The first-order valence-corrected chi connectivity index (χ1v) is 7.87. The lowest BCUT2D eigenvalue weighted by Gasteiger charge is -2.38. The fraction of sp³-hybridized carbons (Fsp3) is 0.625. The molecular formula is C16H26N4O. The van der Waals surface area contributed by atoms with Crippen LogP contribution in [0.1, 0.15) is 62.5 Å². The molecule has 5 heteroatoms. The summed E-state index contributed by atoms with van der Waals surface area (Å²) in [5.74, 6) is 0.313. The maximum atomic E-state index is 12.5. The summed E-state index contributed by atoms with van der Waals surface area (Å²) in [6.45, 7) is 6.39. The van der Waals surface area contributed by atoms with E-state index in [1.54, 1.807) is 6.07 Å². The molecule has 0 bridgehead atoms. The molecule has 0 spiro atoms. The maximum Gasteiger partial charge on any atom is 0.265 e. The van der Waals surface area contributed by atoms with Crippen molar-refractivity contribution in [2.75, 3.05) is 5.73 Å². The summed E-state index contributed by atoms with van der Waals surface area (Å²) in [5, 5.41) is 2.07. The van der Waals surface area contributed by atoms with Crippen LogP contribution in [0.15, 0.2) is 12.1 Å². The van der Waals surface area contributed by atoms with Gasteiger partial charge < -0.3 is 5.73 Å². The minimum atomic E-state index is -0.0953. The molecule has 1 aromatic rings. The zero-order valence-electron chi connectivity index (χ0n) is 13.2. The first-order valence-electron chi connectivity index (χ1n) is 7.87. The van der Waals surface area contributed by atoms with Gasteiger partial charge in [-0.25, -0.2) is 9.99 Å². The number of aryl methyl sites for hydroxylation is 1. The lowest BCUT2D eigenvalue weighted by molar-refractivity contribution is 0.0369. The van der Waals surface area contributed by atoms with E-state index < -0.39 is 0 Å². The fourth-order valence-electron chi connectivity index (χ4n) is 2.95. The Balaban J connectivity index is 2.12. The highest BCUT2D eigenvalue weighted by atomic mass is 16.2. The SMILES string of the molecule is CCCc1cc(C(=O)NN2C(C)CCCC2C)cc(N)n1. The van der Waals surface area contributed by atoms with E-state index in [4.69, 9.17) is 5.73 Å². The highest BCUT2D eigenvalue weighted by Gasteiger charge is 2.26. The first kappa shape index (κ1) is 15.8. The molecule has 1 fully saturated rings. The molecule has 21 heavy (non-hydrogen) atoms.